The second kappa shape index (κ2) is 8.20. The molecule has 0 fully saturated rings. The molecule has 2 aromatic rings. The molecule has 0 saturated carbocycles. The Labute approximate surface area is 130 Å². The number of aliphatic hydroxyl groups is 1. The van der Waals surface area contributed by atoms with Crippen LogP contribution in [0, 0.1) is 0 Å². The third kappa shape index (κ3) is 4.60. The Morgan fingerprint density at radius 2 is 1.82 bits per heavy atom. The van der Waals surface area contributed by atoms with E-state index in [-0.39, 0.29) is 12.4 Å². The third-order valence-electron chi connectivity index (χ3n) is 3.28. The van der Waals surface area contributed by atoms with E-state index in [0.29, 0.717) is 18.7 Å². The number of hydrogen-bond donors (Lipinski definition) is 2. The second-order valence-electron chi connectivity index (χ2n) is 4.91. The van der Waals surface area contributed by atoms with E-state index in [1.807, 2.05) is 31.2 Å². The van der Waals surface area contributed by atoms with Crippen LogP contribution >= 0.6 is 0 Å². The van der Waals surface area contributed by atoms with E-state index in [2.05, 4.69) is 4.99 Å². The summed E-state index contributed by atoms with van der Waals surface area (Å²) >= 11 is 0. The maximum absolute atomic E-state index is 9.81. The minimum absolute atomic E-state index is 0.0634. The zero-order valence-corrected chi connectivity index (χ0v) is 12.7. The molecule has 0 aromatic heterocycles. The molecule has 0 aliphatic rings. The molecule has 116 valence electrons. The summed E-state index contributed by atoms with van der Waals surface area (Å²) in [4.78, 5) is 4.35. The molecular weight excluding hydrogens is 278 g/mol. The summed E-state index contributed by atoms with van der Waals surface area (Å²) in [5.41, 5.74) is 2.73. The molecule has 0 saturated heterocycles. The van der Waals surface area contributed by atoms with E-state index in [1.54, 1.807) is 24.4 Å². The van der Waals surface area contributed by atoms with Crippen LogP contribution in [-0.2, 0) is 13.0 Å². The normalized spacial score (nSPS) is 11.0. The number of rotatable bonds is 7. The maximum atomic E-state index is 9.81. The van der Waals surface area contributed by atoms with Gasteiger partial charge in [-0.15, -0.1) is 0 Å². The quantitative estimate of drug-likeness (QED) is 0.773. The minimum atomic E-state index is 0.0634. The largest absolute Gasteiger partial charge is 0.507 e. The van der Waals surface area contributed by atoms with Gasteiger partial charge in [0.2, 0.25) is 0 Å². The van der Waals surface area contributed by atoms with Crippen LogP contribution in [0.5, 0.6) is 11.5 Å². The highest BCUT2D eigenvalue weighted by Crippen LogP contribution is 2.21. The summed E-state index contributed by atoms with van der Waals surface area (Å²) in [5, 5.41) is 18.8. The van der Waals surface area contributed by atoms with Crippen LogP contribution in [0.15, 0.2) is 47.5 Å². The molecule has 2 aromatic carbocycles. The molecular formula is C18H21NO3. The van der Waals surface area contributed by atoms with E-state index in [9.17, 15) is 5.11 Å². The molecule has 0 aliphatic carbocycles. The van der Waals surface area contributed by atoms with Crippen molar-refractivity contribution in [2.75, 3.05) is 13.2 Å². The van der Waals surface area contributed by atoms with Crippen LogP contribution in [0.2, 0.25) is 0 Å². The lowest BCUT2D eigenvalue weighted by Gasteiger charge is -2.05. The Morgan fingerprint density at radius 3 is 2.50 bits per heavy atom. The predicted octanol–water partition coefficient (Wildman–Crippen LogP) is 2.94. The summed E-state index contributed by atoms with van der Waals surface area (Å²) in [6.07, 6.45) is 2.48. The number of nitrogens with zero attached hydrogens (tertiary/aromatic N) is 1. The van der Waals surface area contributed by atoms with Crippen molar-refractivity contribution in [1.29, 1.82) is 0 Å². The molecule has 2 N–H and O–H groups in total. The average molecular weight is 299 g/mol. The number of aromatic hydroxyl groups is 1. The summed E-state index contributed by atoms with van der Waals surface area (Å²) < 4.78 is 5.41. The van der Waals surface area contributed by atoms with Gasteiger partial charge >= 0.3 is 0 Å². The highest BCUT2D eigenvalue weighted by Gasteiger charge is 2.01. The Morgan fingerprint density at radius 1 is 1.09 bits per heavy atom. The first-order valence-electron chi connectivity index (χ1n) is 7.37. The standard InChI is InChI=1S/C18H21NO3/c1-2-22-17-7-8-18(21)16(11-17)12-19-10-9-14-3-5-15(13-20)6-4-14/h3-8,11-12,20-21H,2,9-10,13H2,1H3. The number of aliphatic hydroxyl groups excluding tert-OH is 1. The fourth-order valence-corrected chi connectivity index (χ4v) is 2.06. The highest BCUT2D eigenvalue weighted by molar-refractivity contribution is 5.84. The van der Waals surface area contributed by atoms with Gasteiger partial charge in [-0.05, 0) is 42.7 Å². The summed E-state index contributed by atoms with van der Waals surface area (Å²) in [7, 11) is 0. The Balaban J connectivity index is 1.92. The van der Waals surface area contributed by atoms with Gasteiger partial charge in [0.1, 0.15) is 11.5 Å². The second-order valence-corrected chi connectivity index (χ2v) is 4.91. The topological polar surface area (TPSA) is 62.0 Å². The van der Waals surface area contributed by atoms with Crippen LogP contribution in [0.25, 0.3) is 0 Å². The van der Waals surface area contributed by atoms with Gasteiger partial charge < -0.3 is 14.9 Å². The lowest BCUT2D eigenvalue weighted by molar-refractivity contribution is 0.282. The van der Waals surface area contributed by atoms with Gasteiger partial charge in [-0.3, -0.25) is 4.99 Å². The fourth-order valence-electron chi connectivity index (χ4n) is 2.06. The lowest BCUT2D eigenvalue weighted by Crippen LogP contribution is -1.94. The van der Waals surface area contributed by atoms with Crippen LogP contribution in [-0.4, -0.2) is 29.6 Å². The van der Waals surface area contributed by atoms with E-state index in [1.165, 1.54) is 5.56 Å². The van der Waals surface area contributed by atoms with Gasteiger partial charge in [0.25, 0.3) is 0 Å². The first-order valence-corrected chi connectivity index (χ1v) is 7.37. The molecule has 0 atom stereocenters. The molecule has 2 rings (SSSR count). The van der Waals surface area contributed by atoms with Crippen molar-refractivity contribution in [2.24, 2.45) is 4.99 Å². The fraction of sp³-hybridized carbons (Fsp3) is 0.278. The smallest absolute Gasteiger partial charge is 0.124 e. The monoisotopic (exact) mass is 299 g/mol. The van der Waals surface area contributed by atoms with Gasteiger partial charge in [0.05, 0.1) is 13.2 Å². The number of hydrogen-bond acceptors (Lipinski definition) is 4. The van der Waals surface area contributed by atoms with Crippen LogP contribution in [0.1, 0.15) is 23.6 Å². The zero-order chi connectivity index (χ0) is 15.8. The molecule has 22 heavy (non-hydrogen) atoms. The van der Waals surface area contributed by atoms with Gasteiger partial charge in [0.15, 0.2) is 0 Å². The first kappa shape index (κ1) is 16.0. The number of benzene rings is 2. The lowest BCUT2D eigenvalue weighted by atomic mass is 10.1. The molecule has 0 heterocycles. The number of ether oxygens (including phenoxy) is 1. The molecule has 4 heteroatoms. The van der Waals surface area contributed by atoms with Crippen molar-refractivity contribution in [3.63, 3.8) is 0 Å². The van der Waals surface area contributed by atoms with E-state index >= 15 is 0 Å². The van der Waals surface area contributed by atoms with Crippen LogP contribution in [0.4, 0.5) is 0 Å². The molecule has 0 aliphatic heterocycles. The molecule has 0 bridgehead atoms. The van der Waals surface area contributed by atoms with Crippen molar-refractivity contribution < 1.29 is 14.9 Å². The van der Waals surface area contributed by atoms with Crippen molar-refractivity contribution >= 4 is 6.21 Å². The SMILES string of the molecule is CCOc1ccc(O)c(C=NCCc2ccc(CO)cc2)c1. The summed E-state index contributed by atoms with van der Waals surface area (Å²) in [6, 6.07) is 12.9. The Bertz CT molecular complexity index is 621. The summed E-state index contributed by atoms with van der Waals surface area (Å²) in [6.45, 7) is 3.21. The Kier molecular flexibility index (Phi) is 5.98. The van der Waals surface area contributed by atoms with Crippen molar-refractivity contribution in [1.82, 2.24) is 0 Å². The zero-order valence-electron chi connectivity index (χ0n) is 12.7. The highest BCUT2D eigenvalue weighted by atomic mass is 16.5. The van der Waals surface area contributed by atoms with Crippen LogP contribution < -0.4 is 4.74 Å². The number of aliphatic imine (C=N–C) groups is 1. The maximum Gasteiger partial charge on any atom is 0.124 e. The minimum Gasteiger partial charge on any atom is -0.507 e. The van der Waals surface area contributed by atoms with E-state index < -0.39 is 0 Å². The first-order chi connectivity index (χ1) is 10.7. The van der Waals surface area contributed by atoms with Gasteiger partial charge in [0, 0.05) is 18.3 Å². The average Bonchev–Trinajstić information content (AvgIpc) is 2.55. The molecule has 0 radical (unpaired) electrons. The van der Waals surface area contributed by atoms with E-state index in [4.69, 9.17) is 9.84 Å². The molecule has 4 nitrogen and oxygen atoms in total. The third-order valence-corrected chi connectivity index (χ3v) is 3.28. The van der Waals surface area contributed by atoms with Crippen LogP contribution in [0.3, 0.4) is 0 Å². The van der Waals surface area contributed by atoms with Crippen molar-refractivity contribution in [3.8, 4) is 11.5 Å². The van der Waals surface area contributed by atoms with Gasteiger partial charge in [-0.25, -0.2) is 0 Å². The molecule has 0 amide bonds. The van der Waals surface area contributed by atoms with E-state index in [0.717, 1.165) is 17.7 Å². The number of phenols is 1. The Hall–Kier alpha value is -2.33. The molecule has 0 unspecified atom stereocenters. The van der Waals surface area contributed by atoms with Gasteiger partial charge in [-0.1, -0.05) is 24.3 Å². The van der Waals surface area contributed by atoms with Crippen molar-refractivity contribution in [3.05, 3.63) is 59.2 Å². The summed E-state index contributed by atoms with van der Waals surface area (Å²) in [5.74, 6) is 0.917. The van der Waals surface area contributed by atoms with Gasteiger partial charge in [-0.2, -0.15) is 0 Å². The molecule has 0 spiro atoms. The van der Waals surface area contributed by atoms with Crippen molar-refractivity contribution in [2.45, 2.75) is 20.0 Å². The number of phenolic OH excluding ortho intramolecular Hbond substituents is 1. The predicted molar refractivity (Wildman–Crippen MR) is 87.8 cm³/mol.